The molecule has 0 unspecified atom stereocenters. The van der Waals surface area contributed by atoms with E-state index in [1.807, 2.05) is 43.3 Å². The molecule has 168 valence electrons. The number of halogens is 6. The van der Waals surface area contributed by atoms with Crippen LogP contribution in [0.4, 0.5) is 26.3 Å². The van der Waals surface area contributed by atoms with E-state index in [0.29, 0.717) is 17.7 Å². The second-order valence-electron chi connectivity index (χ2n) is 7.45. The number of benzene rings is 4. The van der Waals surface area contributed by atoms with Gasteiger partial charge in [0.1, 0.15) is 11.6 Å². The van der Waals surface area contributed by atoms with Gasteiger partial charge in [-0.15, -0.1) is 13.2 Å². The highest BCUT2D eigenvalue weighted by molar-refractivity contribution is 5.74. The summed E-state index contributed by atoms with van der Waals surface area (Å²) < 4.78 is 84.1. The van der Waals surface area contributed by atoms with Gasteiger partial charge < -0.3 is 4.74 Å². The van der Waals surface area contributed by atoms with Crippen molar-refractivity contribution >= 4 is 0 Å². The van der Waals surface area contributed by atoms with Gasteiger partial charge in [0.25, 0.3) is 0 Å². The largest absolute Gasteiger partial charge is 0.573 e. The Balaban J connectivity index is 1.64. The van der Waals surface area contributed by atoms with Crippen molar-refractivity contribution in [1.29, 1.82) is 0 Å². The fourth-order valence-corrected chi connectivity index (χ4v) is 3.48. The highest BCUT2D eigenvalue weighted by Gasteiger charge is 2.32. The highest BCUT2D eigenvalue weighted by Crippen LogP contribution is 2.35. The summed E-state index contributed by atoms with van der Waals surface area (Å²) in [7, 11) is 0. The van der Waals surface area contributed by atoms with Crippen LogP contribution in [0.2, 0.25) is 0 Å². The Kier molecular flexibility index (Phi) is 5.89. The van der Waals surface area contributed by atoms with Crippen molar-refractivity contribution in [2.45, 2.75) is 13.3 Å². The fourth-order valence-electron chi connectivity index (χ4n) is 3.48. The number of rotatable bonds is 4. The van der Waals surface area contributed by atoms with E-state index in [2.05, 4.69) is 4.74 Å². The third kappa shape index (κ3) is 5.03. The monoisotopic (exact) mass is 458 g/mol. The van der Waals surface area contributed by atoms with Crippen molar-refractivity contribution in [2.75, 3.05) is 0 Å². The Bertz CT molecular complexity index is 1270. The van der Waals surface area contributed by atoms with Gasteiger partial charge in [0, 0.05) is 0 Å². The first-order valence-corrected chi connectivity index (χ1v) is 9.83. The lowest BCUT2D eigenvalue weighted by Gasteiger charge is -2.12. The van der Waals surface area contributed by atoms with E-state index < -0.39 is 35.1 Å². The lowest BCUT2D eigenvalue weighted by atomic mass is 9.97. The molecular formula is C26H16F6O. The lowest BCUT2D eigenvalue weighted by molar-refractivity contribution is -0.275. The zero-order valence-corrected chi connectivity index (χ0v) is 17.2. The minimum absolute atomic E-state index is 0.252. The number of aryl methyl sites for hydroxylation is 1. The molecule has 0 fully saturated rings. The Labute approximate surface area is 185 Å². The van der Waals surface area contributed by atoms with E-state index >= 15 is 0 Å². The van der Waals surface area contributed by atoms with Gasteiger partial charge in [0.2, 0.25) is 0 Å². The third-order valence-corrected chi connectivity index (χ3v) is 5.09. The molecule has 1 nitrogen and oxygen atoms in total. The molecule has 0 aliphatic heterocycles. The van der Waals surface area contributed by atoms with E-state index in [-0.39, 0.29) is 11.1 Å². The van der Waals surface area contributed by atoms with E-state index in [1.54, 1.807) is 12.1 Å². The first-order valence-electron chi connectivity index (χ1n) is 9.83. The first-order chi connectivity index (χ1) is 15.6. The molecule has 0 amide bonds. The Hall–Kier alpha value is -3.74. The van der Waals surface area contributed by atoms with Crippen LogP contribution in [0, 0.1) is 24.4 Å². The molecule has 0 spiro atoms. The average molecular weight is 458 g/mol. The molecule has 0 aliphatic carbocycles. The molecule has 4 aromatic carbocycles. The van der Waals surface area contributed by atoms with Crippen LogP contribution in [0.25, 0.3) is 33.4 Å². The van der Waals surface area contributed by atoms with Crippen molar-refractivity contribution in [3.8, 4) is 39.1 Å². The molecule has 0 saturated heterocycles. The zero-order valence-electron chi connectivity index (χ0n) is 17.2. The Morgan fingerprint density at radius 2 is 0.970 bits per heavy atom. The van der Waals surface area contributed by atoms with Gasteiger partial charge in [0.05, 0.1) is 5.56 Å². The maximum Gasteiger partial charge on any atom is 0.573 e. The van der Waals surface area contributed by atoms with E-state index in [0.717, 1.165) is 34.9 Å². The smallest absolute Gasteiger partial charge is 0.403 e. The van der Waals surface area contributed by atoms with Gasteiger partial charge in [0.15, 0.2) is 11.6 Å². The van der Waals surface area contributed by atoms with Crippen LogP contribution in [0.3, 0.4) is 0 Å². The van der Waals surface area contributed by atoms with Crippen LogP contribution in [0.15, 0.2) is 78.9 Å². The lowest BCUT2D eigenvalue weighted by Crippen LogP contribution is -2.17. The van der Waals surface area contributed by atoms with Gasteiger partial charge in [-0.05, 0) is 59.0 Å². The maximum absolute atomic E-state index is 14.8. The van der Waals surface area contributed by atoms with E-state index in [1.165, 1.54) is 0 Å². The van der Waals surface area contributed by atoms with E-state index in [4.69, 9.17) is 0 Å². The normalized spacial score (nSPS) is 11.5. The summed E-state index contributed by atoms with van der Waals surface area (Å²) in [6, 6.07) is 19.5. The van der Waals surface area contributed by atoms with Crippen molar-refractivity contribution < 1.29 is 31.1 Å². The molecule has 0 heterocycles. The minimum atomic E-state index is -5.09. The summed E-state index contributed by atoms with van der Waals surface area (Å²) >= 11 is 0. The third-order valence-electron chi connectivity index (χ3n) is 5.09. The number of alkyl halides is 3. The summed E-state index contributed by atoms with van der Waals surface area (Å²) in [4.78, 5) is 0. The first kappa shape index (κ1) is 22.5. The quantitative estimate of drug-likeness (QED) is 0.280. The second-order valence-corrected chi connectivity index (χ2v) is 7.45. The molecule has 7 heteroatoms. The van der Waals surface area contributed by atoms with Crippen LogP contribution in [-0.2, 0) is 0 Å². The molecule has 0 atom stereocenters. The summed E-state index contributed by atoms with van der Waals surface area (Å²) in [5, 5.41) is 0. The fraction of sp³-hybridized carbons (Fsp3) is 0.0769. The summed E-state index contributed by atoms with van der Waals surface area (Å²) in [6.07, 6.45) is -5.09. The second kappa shape index (κ2) is 8.65. The Morgan fingerprint density at radius 1 is 0.545 bits per heavy atom. The van der Waals surface area contributed by atoms with Crippen LogP contribution in [0.5, 0.6) is 5.75 Å². The van der Waals surface area contributed by atoms with Crippen LogP contribution in [-0.4, -0.2) is 6.36 Å². The number of hydrogen-bond donors (Lipinski definition) is 0. The summed E-state index contributed by atoms with van der Waals surface area (Å²) in [5.74, 6) is -4.43. The number of ether oxygens (including phenoxy) is 1. The Morgan fingerprint density at radius 3 is 1.45 bits per heavy atom. The predicted octanol–water partition coefficient (Wildman–Crippen LogP) is 8.31. The van der Waals surface area contributed by atoms with Gasteiger partial charge in [-0.3, -0.25) is 0 Å². The molecule has 0 aromatic heterocycles. The maximum atomic E-state index is 14.8. The standard InChI is InChI=1S/C26H16F6O/c1-15-2-4-16(5-3-15)17-6-8-18(9-7-17)20-13-22(28)25(23(29)14-20)19-10-11-24(21(27)12-19)33-26(30,31)32/h2-14H,1H3. The van der Waals surface area contributed by atoms with Gasteiger partial charge >= 0.3 is 6.36 Å². The molecule has 0 saturated carbocycles. The molecule has 0 N–H and O–H groups in total. The molecular weight excluding hydrogens is 442 g/mol. The molecule has 33 heavy (non-hydrogen) atoms. The van der Waals surface area contributed by atoms with Gasteiger partial charge in [-0.2, -0.15) is 0 Å². The van der Waals surface area contributed by atoms with Crippen molar-refractivity contribution in [2.24, 2.45) is 0 Å². The summed E-state index contributed by atoms with van der Waals surface area (Å²) in [6.45, 7) is 1.98. The average Bonchev–Trinajstić information content (AvgIpc) is 2.75. The molecule has 0 bridgehead atoms. The molecule has 0 radical (unpaired) electrons. The number of hydrogen-bond acceptors (Lipinski definition) is 1. The topological polar surface area (TPSA) is 9.23 Å². The van der Waals surface area contributed by atoms with Crippen molar-refractivity contribution in [3.63, 3.8) is 0 Å². The van der Waals surface area contributed by atoms with Crippen molar-refractivity contribution in [3.05, 3.63) is 102 Å². The predicted molar refractivity (Wildman–Crippen MR) is 114 cm³/mol. The van der Waals surface area contributed by atoms with Crippen LogP contribution < -0.4 is 4.74 Å². The SMILES string of the molecule is Cc1ccc(-c2ccc(-c3cc(F)c(-c4ccc(OC(F)(F)F)c(F)c4)c(F)c3)cc2)cc1. The van der Waals surface area contributed by atoms with Gasteiger partial charge in [-0.1, -0.05) is 60.2 Å². The minimum Gasteiger partial charge on any atom is -0.403 e. The molecule has 4 aromatic rings. The van der Waals surface area contributed by atoms with Crippen molar-refractivity contribution in [1.82, 2.24) is 0 Å². The van der Waals surface area contributed by atoms with Gasteiger partial charge in [-0.25, -0.2) is 13.2 Å². The van der Waals surface area contributed by atoms with Crippen LogP contribution in [0.1, 0.15) is 5.56 Å². The highest BCUT2D eigenvalue weighted by atomic mass is 19.4. The molecule has 0 aliphatic rings. The molecule has 4 rings (SSSR count). The van der Waals surface area contributed by atoms with Crippen LogP contribution >= 0.6 is 0 Å². The zero-order chi connectivity index (χ0) is 23.8. The van der Waals surface area contributed by atoms with E-state index in [9.17, 15) is 26.3 Å². The summed E-state index contributed by atoms with van der Waals surface area (Å²) in [5.41, 5.74) is 3.10.